The van der Waals surface area contributed by atoms with Gasteiger partial charge in [-0.25, -0.2) is 8.42 Å². The highest BCUT2D eigenvalue weighted by Crippen LogP contribution is 2.30. The molecule has 1 aromatic carbocycles. The first kappa shape index (κ1) is 16.5. The van der Waals surface area contributed by atoms with Crippen LogP contribution < -0.4 is 5.32 Å². The number of hydrogen-bond donors (Lipinski definition) is 1. The number of nitriles is 1. The number of sulfone groups is 1. The van der Waals surface area contributed by atoms with Crippen LogP contribution in [0.4, 0.5) is 5.69 Å². The molecule has 1 saturated carbocycles. The van der Waals surface area contributed by atoms with Crippen molar-refractivity contribution in [3.63, 3.8) is 0 Å². The summed E-state index contributed by atoms with van der Waals surface area (Å²) in [5, 5.41) is 13.0. The minimum absolute atomic E-state index is 0.0865. The van der Waals surface area contributed by atoms with Gasteiger partial charge in [0.2, 0.25) is 9.84 Å². The fourth-order valence-corrected chi connectivity index (χ4v) is 4.36. The Hall–Kier alpha value is -2.39. The van der Waals surface area contributed by atoms with Crippen LogP contribution in [0.25, 0.3) is 6.08 Å². The fourth-order valence-electron chi connectivity index (χ4n) is 3.13. The third-order valence-electron chi connectivity index (χ3n) is 4.42. The Morgan fingerprint density at radius 1 is 1.25 bits per heavy atom. The van der Waals surface area contributed by atoms with Gasteiger partial charge in [-0.2, -0.15) is 5.26 Å². The molecule has 1 aromatic rings. The lowest BCUT2D eigenvalue weighted by molar-refractivity contribution is -0.112. The molecule has 1 aliphatic heterocycles. The zero-order valence-electron chi connectivity index (χ0n) is 13.2. The summed E-state index contributed by atoms with van der Waals surface area (Å²) in [6.45, 7) is 0. The van der Waals surface area contributed by atoms with Crippen molar-refractivity contribution < 1.29 is 13.2 Å². The largest absolute Gasteiger partial charge is 0.321 e. The summed E-state index contributed by atoms with van der Waals surface area (Å²) in [6, 6.07) is 6.66. The SMILES string of the molecule is N#C/C(=C/C1CCCCC1)C(=O)Nc1ccc2c(c1)S(=O)(=O)C=C2. The van der Waals surface area contributed by atoms with E-state index in [0.29, 0.717) is 11.3 Å². The standard InChI is InChI=1S/C18H18N2O3S/c19-12-15(10-13-4-2-1-3-5-13)18(21)20-16-7-6-14-8-9-24(22,23)17(14)11-16/h6-11,13H,1-5H2,(H,20,21)/b15-10-. The van der Waals surface area contributed by atoms with Gasteiger partial charge in [0.25, 0.3) is 5.91 Å². The van der Waals surface area contributed by atoms with Crippen molar-refractivity contribution in [2.45, 2.75) is 37.0 Å². The first-order valence-electron chi connectivity index (χ1n) is 8.00. The molecular formula is C18H18N2O3S. The number of carbonyl (C=O) groups is 1. The third kappa shape index (κ3) is 3.41. The Morgan fingerprint density at radius 3 is 2.71 bits per heavy atom. The molecule has 3 rings (SSSR count). The number of nitrogens with zero attached hydrogens (tertiary/aromatic N) is 1. The zero-order chi connectivity index (χ0) is 17.2. The Labute approximate surface area is 141 Å². The topological polar surface area (TPSA) is 87.0 Å². The molecule has 1 amide bonds. The number of nitrogens with one attached hydrogen (secondary N) is 1. The molecule has 0 bridgehead atoms. The van der Waals surface area contributed by atoms with Crippen LogP contribution in [-0.2, 0) is 14.6 Å². The van der Waals surface area contributed by atoms with Crippen LogP contribution in [0.2, 0.25) is 0 Å². The maximum Gasteiger partial charge on any atom is 0.265 e. The summed E-state index contributed by atoms with van der Waals surface area (Å²) in [4.78, 5) is 12.5. The van der Waals surface area contributed by atoms with Crippen LogP contribution in [0.5, 0.6) is 0 Å². The van der Waals surface area contributed by atoms with E-state index in [1.165, 1.54) is 18.6 Å². The maximum atomic E-state index is 12.3. The summed E-state index contributed by atoms with van der Waals surface area (Å²) < 4.78 is 23.8. The molecule has 124 valence electrons. The van der Waals surface area contributed by atoms with E-state index in [9.17, 15) is 18.5 Å². The van der Waals surface area contributed by atoms with E-state index in [4.69, 9.17) is 0 Å². The van der Waals surface area contributed by atoms with Gasteiger partial charge in [-0.1, -0.05) is 31.4 Å². The second kappa shape index (κ2) is 6.62. The lowest BCUT2D eigenvalue weighted by Crippen LogP contribution is -2.15. The van der Waals surface area contributed by atoms with Crippen molar-refractivity contribution in [3.05, 3.63) is 40.8 Å². The van der Waals surface area contributed by atoms with Crippen LogP contribution in [0.3, 0.4) is 0 Å². The molecule has 1 fully saturated rings. The number of amides is 1. The molecule has 24 heavy (non-hydrogen) atoms. The molecule has 0 radical (unpaired) electrons. The second-order valence-corrected chi connectivity index (χ2v) is 7.95. The van der Waals surface area contributed by atoms with Gasteiger partial charge in [-0.15, -0.1) is 0 Å². The average molecular weight is 342 g/mol. The van der Waals surface area contributed by atoms with Crippen molar-refractivity contribution in [1.29, 1.82) is 5.26 Å². The Balaban J connectivity index is 1.77. The molecule has 0 saturated heterocycles. The van der Waals surface area contributed by atoms with Gasteiger partial charge in [-0.05, 0) is 42.5 Å². The quantitative estimate of drug-likeness (QED) is 0.673. The Bertz CT molecular complexity index is 870. The first-order chi connectivity index (χ1) is 11.5. The van der Waals surface area contributed by atoms with Gasteiger partial charge in [0, 0.05) is 11.1 Å². The van der Waals surface area contributed by atoms with E-state index in [1.54, 1.807) is 18.2 Å². The van der Waals surface area contributed by atoms with Gasteiger partial charge in [0.1, 0.15) is 11.6 Å². The van der Waals surface area contributed by atoms with Crippen LogP contribution in [0.1, 0.15) is 37.7 Å². The van der Waals surface area contributed by atoms with Crippen LogP contribution in [0, 0.1) is 17.2 Å². The Kier molecular flexibility index (Phi) is 4.54. The highest BCUT2D eigenvalue weighted by Gasteiger charge is 2.22. The van der Waals surface area contributed by atoms with Gasteiger partial charge >= 0.3 is 0 Å². The maximum absolute atomic E-state index is 12.3. The molecule has 0 unspecified atom stereocenters. The van der Waals surface area contributed by atoms with E-state index >= 15 is 0 Å². The smallest absolute Gasteiger partial charge is 0.265 e. The fraction of sp³-hybridized carbons (Fsp3) is 0.333. The average Bonchev–Trinajstić information content (AvgIpc) is 2.88. The van der Waals surface area contributed by atoms with Crippen LogP contribution in [-0.4, -0.2) is 14.3 Å². The number of anilines is 1. The minimum atomic E-state index is -3.42. The zero-order valence-corrected chi connectivity index (χ0v) is 14.0. The van der Waals surface area contributed by atoms with Gasteiger partial charge in [0.05, 0.1) is 4.90 Å². The highest BCUT2D eigenvalue weighted by atomic mass is 32.2. The lowest BCUT2D eigenvalue weighted by atomic mass is 9.88. The van der Waals surface area contributed by atoms with E-state index in [1.807, 2.05) is 6.07 Å². The van der Waals surface area contributed by atoms with Crippen molar-refractivity contribution in [3.8, 4) is 6.07 Å². The van der Waals surface area contributed by atoms with Crippen molar-refractivity contribution >= 4 is 27.5 Å². The summed E-state index contributed by atoms with van der Waals surface area (Å²) in [5.74, 6) is -0.227. The molecular weight excluding hydrogens is 324 g/mol. The predicted octanol–water partition coefficient (Wildman–Crippen LogP) is 3.41. The van der Waals surface area contributed by atoms with Gasteiger partial charge in [0.15, 0.2) is 0 Å². The monoisotopic (exact) mass is 342 g/mol. The van der Waals surface area contributed by atoms with Crippen molar-refractivity contribution in [1.82, 2.24) is 0 Å². The Morgan fingerprint density at radius 2 is 2.00 bits per heavy atom. The minimum Gasteiger partial charge on any atom is -0.321 e. The number of hydrogen-bond acceptors (Lipinski definition) is 4. The number of allylic oxidation sites excluding steroid dienone is 1. The molecule has 0 aromatic heterocycles. The molecule has 1 aliphatic carbocycles. The highest BCUT2D eigenvalue weighted by molar-refractivity contribution is 7.94. The van der Waals surface area contributed by atoms with E-state index in [2.05, 4.69) is 5.32 Å². The van der Waals surface area contributed by atoms with Gasteiger partial charge in [-0.3, -0.25) is 4.79 Å². The number of benzene rings is 1. The molecule has 1 N–H and O–H groups in total. The molecule has 1 heterocycles. The normalized spacial score (nSPS) is 19.5. The molecule has 6 heteroatoms. The van der Waals surface area contributed by atoms with E-state index < -0.39 is 15.7 Å². The summed E-state index contributed by atoms with van der Waals surface area (Å²) >= 11 is 0. The van der Waals surface area contributed by atoms with Crippen molar-refractivity contribution in [2.24, 2.45) is 5.92 Å². The van der Waals surface area contributed by atoms with Crippen molar-refractivity contribution in [2.75, 3.05) is 5.32 Å². The summed E-state index contributed by atoms with van der Waals surface area (Å²) in [5.41, 5.74) is 1.06. The van der Waals surface area contributed by atoms with E-state index in [-0.39, 0.29) is 16.4 Å². The van der Waals surface area contributed by atoms with Gasteiger partial charge < -0.3 is 5.32 Å². The number of rotatable bonds is 3. The summed E-state index contributed by atoms with van der Waals surface area (Å²) in [6.07, 6.45) is 8.73. The second-order valence-electron chi connectivity index (χ2n) is 6.14. The van der Waals surface area contributed by atoms with Crippen LogP contribution >= 0.6 is 0 Å². The molecule has 5 nitrogen and oxygen atoms in total. The molecule has 0 spiro atoms. The van der Waals surface area contributed by atoms with Crippen LogP contribution in [0.15, 0.2) is 40.2 Å². The number of carbonyl (C=O) groups excluding carboxylic acids is 1. The predicted molar refractivity (Wildman–Crippen MR) is 91.6 cm³/mol. The molecule has 0 atom stereocenters. The lowest BCUT2D eigenvalue weighted by Gasteiger charge is -2.18. The number of fused-ring (bicyclic) bond motifs is 1. The van der Waals surface area contributed by atoms with E-state index in [0.717, 1.165) is 31.1 Å². The first-order valence-corrected chi connectivity index (χ1v) is 9.55. The molecule has 2 aliphatic rings. The summed E-state index contributed by atoms with van der Waals surface area (Å²) in [7, 11) is -3.42. The third-order valence-corrected chi connectivity index (χ3v) is 5.88.